The van der Waals surface area contributed by atoms with Crippen molar-refractivity contribution in [1.29, 1.82) is 0 Å². The Morgan fingerprint density at radius 1 is 1.27 bits per heavy atom. The van der Waals surface area contributed by atoms with Gasteiger partial charge in [-0.3, -0.25) is 4.79 Å². The third-order valence-electron chi connectivity index (χ3n) is 2.51. The quantitative estimate of drug-likeness (QED) is 0.736. The lowest BCUT2D eigenvalue weighted by atomic mass is 10.1. The first-order valence-electron chi connectivity index (χ1n) is 5.51. The fourth-order valence-corrected chi connectivity index (χ4v) is 1.75. The fourth-order valence-electron chi connectivity index (χ4n) is 1.75. The molecule has 0 atom stereocenters. The highest BCUT2D eigenvalue weighted by Gasteiger charge is 2.09. The Morgan fingerprint density at radius 2 is 1.93 bits per heavy atom. The molecule has 0 saturated heterocycles. The smallest absolute Gasteiger partial charge is 0.149 e. The summed E-state index contributed by atoms with van der Waals surface area (Å²) in [5, 5.41) is 0. The number of hydrogen-bond donors (Lipinski definition) is 0. The van der Waals surface area contributed by atoms with Gasteiger partial charge in [-0.05, 0) is 31.9 Å². The molecule has 0 saturated carbocycles. The van der Waals surface area contributed by atoms with Gasteiger partial charge in [0.25, 0.3) is 0 Å². The van der Waals surface area contributed by atoms with Crippen LogP contribution < -0.4 is 4.90 Å². The van der Waals surface area contributed by atoms with Crippen LogP contribution in [0, 0.1) is 0 Å². The molecule has 1 aromatic rings. The van der Waals surface area contributed by atoms with Crippen LogP contribution >= 0.6 is 0 Å². The first kappa shape index (κ1) is 11.8. The second kappa shape index (κ2) is 5.54. The Morgan fingerprint density at radius 3 is 2.47 bits per heavy atom. The first-order chi connectivity index (χ1) is 7.19. The molecular weight excluding hydrogens is 186 g/mol. The molecule has 82 valence electrons. The molecule has 0 amide bonds. The van der Waals surface area contributed by atoms with E-state index in [-0.39, 0.29) is 5.78 Å². The van der Waals surface area contributed by atoms with Gasteiger partial charge in [0.1, 0.15) is 5.78 Å². The highest BCUT2D eigenvalue weighted by molar-refractivity contribution is 5.81. The molecule has 0 aliphatic carbocycles. The van der Waals surface area contributed by atoms with Gasteiger partial charge in [0.15, 0.2) is 0 Å². The van der Waals surface area contributed by atoms with Crippen molar-refractivity contribution in [1.82, 2.24) is 0 Å². The maximum Gasteiger partial charge on any atom is 0.149 e. The average Bonchev–Trinajstić information content (AvgIpc) is 2.25. The van der Waals surface area contributed by atoms with Gasteiger partial charge in [-0.1, -0.05) is 25.1 Å². The highest BCUT2D eigenvalue weighted by atomic mass is 16.1. The van der Waals surface area contributed by atoms with E-state index in [0.29, 0.717) is 6.54 Å². The van der Waals surface area contributed by atoms with Gasteiger partial charge < -0.3 is 4.90 Å². The zero-order valence-corrected chi connectivity index (χ0v) is 9.79. The summed E-state index contributed by atoms with van der Waals surface area (Å²) < 4.78 is 0. The Balaban J connectivity index is 2.95. The van der Waals surface area contributed by atoms with Gasteiger partial charge in [-0.25, -0.2) is 0 Å². The third kappa shape index (κ3) is 3.08. The molecule has 0 fully saturated rings. The average molecular weight is 205 g/mol. The molecule has 2 nitrogen and oxygen atoms in total. The minimum Gasteiger partial charge on any atom is -0.364 e. The van der Waals surface area contributed by atoms with Crippen molar-refractivity contribution in [2.45, 2.75) is 27.2 Å². The number of nitrogens with zero attached hydrogens (tertiary/aromatic N) is 1. The molecule has 0 spiro atoms. The molecule has 0 N–H and O–H groups in total. The monoisotopic (exact) mass is 205 g/mol. The maximum atomic E-state index is 11.1. The van der Waals surface area contributed by atoms with Gasteiger partial charge >= 0.3 is 0 Å². The van der Waals surface area contributed by atoms with Crippen LogP contribution in [-0.2, 0) is 11.2 Å². The molecule has 15 heavy (non-hydrogen) atoms. The summed E-state index contributed by atoms with van der Waals surface area (Å²) in [5.41, 5.74) is 2.50. The van der Waals surface area contributed by atoms with E-state index in [1.807, 2.05) is 12.1 Å². The summed E-state index contributed by atoms with van der Waals surface area (Å²) in [7, 11) is 0. The van der Waals surface area contributed by atoms with Gasteiger partial charge in [-0.15, -0.1) is 0 Å². The van der Waals surface area contributed by atoms with Crippen molar-refractivity contribution in [3.05, 3.63) is 29.8 Å². The molecule has 2 heteroatoms. The largest absolute Gasteiger partial charge is 0.364 e. The number of carbonyl (C=O) groups excluding carboxylic acids is 1. The molecule has 1 aromatic carbocycles. The maximum absolute atomic E-state index is 11.1. The molecule has 0 aromatic heterocycles. The minimum absolute atomic E-state index is 0.211. The van der Waals surface area contributed by atoms with E-state index in [1.54, 1.807) is 6.92 Å². The number of Topliss-reactive ketones (excluding diaryl/α,β-unsaturated/α-hetero) is 1. The number of aryl methyl sites for hydroxylation is 1. The Labute approximate surface area is 91.9 Å². The first-order valence-corrected chi connectivity index (χ1v) is 5.51. The molecule has 0 aliphatic rings. The predicted molar refractivity (Wildman–Crippen MR) is 64.4 cm³/mol. The Hall–Kier alpha value is -1.31. The number of carbonyl (C=O) groups is 1. The van der Waals surface area contributed by atoms with Crippen LogP contribution in [-0.4, -0.2) is 18.9 Å². The molecule has 0 radical (unpaired) electrons. The van der Waals surface area contributed by atoms with Gasteiger partial charge in [-0.2, -0.15) is 0 Å². The fraction of sp³-hybridized carbons (Fsp3) is 0.462. The number of hydrogen-bond acceptors (Lipinski definition) is 2. The standard InChI is InChI=1S/C13H19NO/c1-4-12-8-6-7-9-13(12)14(5-2)10-11(3)15/h6-9H,4-5,10H2,1-3H3. The number of benzene rings is 1. The van der Waals surface area contributed by atoms with Crippen LogP contribution in [0.3, 0.4) is 0 Å². The Kier molecular flexibility index (Phi) is 4.35. The zero-order chi connectivity index (χ0) is 11.3. The summed E-state index contributed by atoms with van der Waals surface area (Å²) in [6.07, 6.45) is 1.00. The lowest BCUT2D eigenvalue weighted by molar-refractivity contribution is -0.115. The summed E-state index contributed by atoms with van der Waals surface area (Å²) >= 11 is 0. The van der Waals surface area contributed by atoms with Crippen molar-refractivity contribution < 1.29 is 4.79 Å². The second-order valence-electron chi connectivity index (χ2n) is 3.70. The third-order valence-corrected chi connectivity index (χ3v) is 2.51. The van der Waals surface area contributed by atoms with Crippen molar-refractivity contribution in [2.75, 3.05) is 18.0 Å². The molecular formula is C13H19NO. The van der Waals surface area contributed by atoms with Crippen molar-refractivity contribution >= 4 is 11.5 Å². The lowest BCUT2D eigenvalue weighted by Gasteiger charge is -2.24. The molecule has 0 bridgehead atoms. The summed E-state index contributed by atoms with van der Waals surface area (Å²) in [6, 6.07) is 8.28. The van der Waals surface area contributed by atoms with Crippen LogP contribution in [0.4, 0.5) is 5.69 Å². The molecule has 0 unspecified atom stereocenters. The zero-order valence-electron chi connectivity index (χ0n) is 9.79. The summed E-state index contributed by atoms with van der Waals surface area (Å²) in [4.78, 5) is 13.3. The molecule has 1 rings (SSSR count). The van der Waals surface area contributed by atoms with Gasteiger partial charge in [0.2, 0.25) is 0 Å². The van der Waals surface area contributed by atoms with Crippen LogP contribution in [0.15, 0.2) is 24.3 Å². The van der Waals surface area contributed by atoms with Crippen molar-refractivity contribution in [3.8, 4) is 0 Å². The van der Waals surface area contributed by atoms with Crippen molar-refractivity contribution in [3.63, 3.8) is 0 Å². The highest BCUT2D eigenvalue weighted by Crippen LogP contribution is 2.20. The van der Waals surface area contributed by atoms with E-state index in [9.17, 15) is 4.79 Å². The summed E-state index contributed by atoms with van der Waals surface area (Å²) in [6.45, 7) is 7.23. The van der Waals surface area contributed by atoms with Crippen LogP contribution in [0.5, 0.6) is 0 Å². The molecule has 0 aliphatic heterocycles. The van der Waals surface area contributed by atoms with Crippen LogP contribution in [0.1, 0.15) is 26.3 Å². The van der Waals surface area contributed by atoms with Crippen LogP contribution in [0.25, 0.3) is 0 Å². The van der Waals surface area contributed by atoms with Gasteiger partial charge in [0.05, 0.1) is 6.54 Å². The normalized spacial score (nSPS) is 10.1. The number of anilines is 1. The number of ketones is 1. The van der Waals surface area contributed by atoms with E-state index in [0.717, 1.165) is 13.0 Å². The molecule has 0 heterocycles. The Bertz CT molecular complexity index is 333. The topological polar surface area (TPSA) is 20.3 Å². The number of para-hydroxylation sites is 1. The van der Waals surface area contributed by atoms with E-state index >= 15 is 0 Å². The van der Waals surface area contributed by atoms with E-state index in [2.05, 4.69) is 30.9 Å². The predicted octanol–water partition coefficient (Wildman–Crippen LogP) is 2.66. The number of rotatable bonds is 5. The van der Waals surface area contributed by atoms with E-state index < -0.39 is 0 Å². The minimum atomic E-state index is 0.211. The van der Waals surface area contributed by atoms with E-state index in [1.165, 1.54) is 11.3 Å². The van der Waals surface area contributed by atoms with Crippen LogP contribution in [0.2, 0.25) is 0 Å². The number of likely N-dealkylation sites (N-methyl/N-ethyl adjacent to an activating group) is 1. The van der Waals surface area contributed by atoms with Crippen molar-refractivity contribution in [2.24, 2.45) is 0 Å². The lowest BCUT2D eigenvalue weighted by Crippen LogP contribution is -2.29. The summed E-state index contributed by atoms with van der Waals surface area (Å²) in [5.74, 6) is 0.211. The van der Waals surface area contributed by atoms with E-state index in [4.69, 9.17) is 0 Å². The SMILES string of the molecule is CCc1ccccc1N(CC)CC(C)=O. The van der Waals surface area contributed by atoms with Gasteiger partial charge in [0, 0.05) is 12.2 Å². The second-order valence-corrected chi connectivity index (χ2v) is 3.70.